The van der Waals surface area contributed by atoms with Gasteiger partial charge in [-0.2, -0.15) is 13.1 Å². The predicted octanol–water partition coefficient (Wildman–Crippen LogP) is 1.15. The predicted molar refractivity (Wildman–Crippen MR) is 66.5 cm³/mol. The second kappa shape index (κ2) is 4.71. The molecule has 1 rings (SSSR count). The minimum atomic E-state index is -3.48. The third-order valence-electron chi connectivity index (χ3n) is 2.13. The molecule has 0 fully saturated rings. The minimum Gasteiger partial charge on any atom is -0.399 e. The fraction of sp³-hybridized carbons (Fsp3) is 0.400. The Morgan fingerprint density at radius 1 is 1.25 bits per heavy atom. The summed E-state index contributed by atoms with van der Waals surface area (Å²) < 4.78 is 27.9. The molecule has 0 unspecified atom stereocenters. The van der Waals surface area contributed by atoms with Crippen LogP contribution in [0, 0.1) is 13.8 Å². The average Bonchev–Trinajstić information content (AvgIpc) is 2.11. The van der Waals surface area contributed by atoms with Crippen LogP contribution in [0.15, 0.2) is 12.1 Å². The molecule has 0 atom stereocenters. The first-order chi connectivity index (χ1) is 7.35. The molecular weight excluding hydrogens is 226 g/mol. The van der Waals surface area contributed by atoms with Crippen molar-refractivity contribution in [3.63, 3.8) is 0 Å². The van der Waals surface area contributed by atoms with E-state index >= 15 is 0 Å². The number of benzene rings is 1. The fourth-order valence-corrected chi connectivity index (χ4v) is 2.56. The van der Waals surface area contributed by atoms with Crippen LogP contribution in [-0.2, 0) is 10.2 Å². The van der Waals surface area contributed by atoms with Gasteiger partial charge in [0.05, 0.1) is 5.69 Å². The Labute approximate surface area is 96.2 Å². The van der Waals surface area contributed by atoms with Gasteiger partial charge in [0.1, 0.15) is 0 Å². The van der Waals surface area contributed by atoms with E-state index in [2.05, 4.69) is 9.44 Å². The lowest BCUT2D eigenvalue weighted by Gasteiger charge is -2.13. The molecule has 90 valence electrons. The van der Waals surface area contributed by atoms with Crippen LogP contribution in [-0.4, -0.2) is 15.0 Å². The van der Waals surface area contributed by atoms with Crippen LogP contribution in [0.4, 0.5) is 11.4 Å². The van der Waals surface area contributed by atoms with Crippen LogP contribution in [0.25, 0.3) is 0 Å². The topological polar surface area (TPSA) is 84.2 Å². The molecule has 5 nitrogen and oxygen atoms in total. The summed E-state index contributed by atoms with van der Waals surface area (Å²) >= 11 is 0. The van der Waals surface area contributed by atoms with E-state index in [9.17, 15) is 8.42 Å². The summed E-state index contributed by atoms with van der Waals surface area (Å²) in [4.78, 5) is 0. The van der Waals surface area contributed by atoms with Crippen molar-refractivity contribution in [2.45, 2.75) is 20.8 Å². The molecule has 0 aliphatic heterocycles. The number of anilines is 2. The van der Waals surface area contributed by atoms with E-state index in [1.54, 1.807) is 19.1 Å². The SMILES string of the molecule is CCNS(=O)(=O)Nc1c(C)cc(N)cc1C. The van der Waals surface area contributed by atoms with Crippen molar-refractivity contribution < 1.29 is 8.42 Å². The summed E-state index contributed by atoms with van der Waals surface area (Å²) in [7, 11) is -3.48. The van der Waals surface area contributed by atoms with E-state index < -0.39 is 10.2 Å². The molecule has 0 saturated carbocycles. The number of hydrogen-bond acceptors (Lipinski definition) is 3. The standard InChI is InChI=1S/C10H17N3O2S/c1-4-12-16(14,15)13-10-7(2)5-9(11)6-8(10)3/h5-6,12-13H,4,11H2,1-3H3. The largest absolute Gasteiger partial charge is 0.399 e. The average molecular weight is 243 g/mol. The molecular formula is C10H17N3O2S. The Bertz CT molecular complexity index is 460. The lowest BCUT2D eigenvalue weighted by molar-refractivity contribution is 0.589. The lowest BCUT2D eigenvalue weighted by atomic mass is 10.1. The summed E-state index contributed by atoms with van der Waals surface area (Å²) in [6.07, 6.45) is 0. The van der Waals surface area contributed by atoms with Gasteiger partial charge < -0.3 is 5.73 Å². The van der Waals surface area contributed by atoms with Crippen LogP contribution in [0.3, 0.4) is 0 Å². The quantitative estimate of drug-likeness (QED) is 0.694. The Balaban J connectivity index is 3.07. The maximum Gasteiger partial charge on any atom is 0.299 e. The highest BCUT2D eigenvalue weighted by atomic mass is 32.2. The second-order valence-electron chi connectivity index (χ2n) is 3.63. The molecule has 0 aliphatic carbocycles. The zero-order chi connectivity index (χ0) is 12.3. The fourth-order valence-electron chi connectivity index (χ4n) is 1.52. The van der Waals surface area contributed by atoms with Gasteiger partial charge in [-0.05, 0) is 37.1 Å². The lowest BCUT2D eigenvalue weighted by Crippen LogP contribution is -2.30. The van der Waals surface area contributed by atoms with E-state index in [1.807, 2.05) is 13.8 Å². The monoisotopic (exact) mass is 243 g/mol. The van der Waals surface area contributed by atoms with Gasteiger partial charge in [0.2, 0.25) is 0 Å². The Morgan fingerprint density at radius 3 is 2.19 bits per heavy atom. The molecule has 1 aromatic rings. The molecule has 0 bridgehead atoms. The van der Waals surface area contributed by atoms with Crippen LogP contribution >= 0.6 is 0 Å². The van der Waals surface area contributed by atoms with Crippen molar-refractivity contribution in [2.75, 3.05) is 17.0 Å². The van der Waals surface area contributed by atoms with Gasteiger partial charge in [-0.1, -0.05) is 6.92 Å². The Kier molecular flexibility index (Phi) is 3.77. The molecule has 0 heterocycles. The maximum atomic E-state index is 11.5. The minimum absolute atomic E-state index is 0.350. The van der Waals surface area contributed by atoms with Gasteiger partial charge in [-0.15, -0.1) is 0 Å². The summed E-state index contributed by atoms with van der Waals surface area (Å²) in [5.74, 6) is 0. The van der Waals surface area contributed by atoms with Gasteiger partial charge in [0, 0.05) is 12.2 Å². The summed E-state index contributed by atoms with van der Waals surface area (Å²) in [5, 5.41) is 0. The van der Waals surface area contributed by atoms with Crippen molar-refractivity contribution >= 4 is 21.6 Å². The molecule has 0 amide bonds. The van der Waals surface area contributed by atoms with E-state index in [1.165, 1.54) is 0 Å². The zero-order valence-corrected chi connectivity index (χ0v) is 10.5. The summed E-state index contributed by atoms with van der Waals surface area (Å²) in [5.41, 5.74) is 8.47. The van der Waals surface area contributed by atoms with Crippen LogP contribution in [0.5, 0.6) is 0 Å². The molecule has 0 aromatic heterocycles. The van der Waals surface area contributed by atoms with E-state index in [4.69, 9.17) is 5.73 Å². The van der Waals surface area contributed by atoms with Gasteiger partial charge in [-0.3, -0.25) is 4.72 Å². The van der Waals surface area contributed by atoms with Crippen LogP contribution in [0.1, 0.15) is 18.1 Å². The molecule has 0 saturated heterocycles. The third kappa shape index (κ3) is 3.11. The van der Waals surface area contributed by atoms with E-state index in [0.717, 1.165) is 11.1 Å². The zero-order valence-electron chi connectivity index (χ0n) is 9.66. The molecule has 1 aromatic carbocycles. The van der Waals surface area contributed by atoms with Crippen molar-refractivity contribution in [3.05, 3.63) is 23.3 Å². The van der Waals surface area contributed by atoms with Crippen molar-refractivity contribution in [1.82, 2.24) is 4.72 Å². The number of rotatable bonds is 4. The smallest absolute Gasteiger partial charge is 0.299 e. The molecule has 6 heteroatoms. The first-order valence-corrected chi connectivity index (χ1v) is 6.48. The number of nitrogens with two attached hydrogens (primary N) is 1. The molecule has 16 heavy (non-hydrogen) atoms. The molecule has 0 aliphatic rings. The van der Waals surface area contributed by atoms with Crippen LogP contribution < -0.4 is 15.2 Å². The number of nitrogen functional groups attached to an aromatic ring is 1. The van der Waals surface area contributed by atoms with Crippen molar-refractivity contribution in [2.24, 2.45) is 0 Å². The van der Waals surface area contributed by atoms with Gasteiger partial charge in [0.15, 0.2) is 0 Å². The van der Waals surface area contributed by atoms with Crippen molar-refractivity contribution in [1.29, 1.82) is 0 Å². The number of aryl methyl sites for hydroxylation is 2. The maximum absolute atomic E-state index is 11.5. The molecule has 4 N–H and O–H groups in total. The normalized spacial score (nSPS) is 11.4. The first-order valence-electron chi connectivity index (χ1n) is 5.00. The summed E-state index contributed by atoms with van der Waals surface area (Å²) in [6.45, 7) is 5.70. The molecule has 0 spiro atoms. The van der Waals surface area contributed by atoms with E-state index in [0.29, 0.717) is 17.9 Å². The highest BCUT2D eigenvalue weighted by Crippen LogP contribution is 2.23. The Hall–Kier alpha value is -1.27. The first kappa shape index (κ1) is 12.8. The molecule has 0 radical (unpaired) electrons. The van der Waals surface area contributed by atoms with Crippen molar-refractivity contribution in [3.8, 4) is 0 Å². The second-order valence-corrected chi connectivity index (χ2v) is 5.13. The number of hydrogen-bond donors (Lipinski definition) is 3. The Morgan fingerprint density at radius 2 is 1.75 bits per heavy atom. The van der Waals surface area contributed by atoms with Crippen LogP contribution in [0.2, 0.25) is 0 Å². The van der Waals surface area contributed by atoms with Gasteiger partial charge in [-0.25, -0.2) is 0 Å². The third-order valence-corrected chi connectivity index (χ3v) is 3.27. The highest BCUT2D eigenvalue weighted by molar-refractivity contribution is 7.90. The number of nitrogens with one attached hydrogen (secondary N) is 2. The van der Waals surface area contributed by atoms with E-state index in [-0.39, 0.29) is 0 Å². The van der Waals surface area contributed by atoms with Gasteiger partial charge in [0.25, 0.3) is 10.2 Å². The summed E-state index contributed by atoms with van der Waals surface area (Å²) in [6, 6.07) is 3.47. The highest BCUT2D eigenvalue weighted by Gasteiger charge is 2.12. The van der Waals surface area contributed by atoms with Gasteiger partial charge >= 0.3 is 0 Å².